The fourth-order valence-corrected chi connectivity index (χ4v) is 2.62. The summed E-state index contributed by atoms with van der Waals surface area (Å²) in [4.78, 5) is 16.0. The molecule has 0 spiro atoms. The summed E-state index contributed by atoms with van der Waals surface area (Å²) >= 11 is 5.90. The van der Waals surface area contributed by atoms with Gasteiger partial charge >= 0.3 is 0 Å². The molecule has 128 valence electrons. The van der Waals surface area contributed by atoms with Gasteiger partial charge in [-0.1, -0.05) is 41.9 Å². The van der Waals surface area contributed by atoms with Crippen LogP contribution in [-0.2, 0) is 11.3 Å². The molecule has 2 aromatic rings. The lowest BCUT2D eigenvalue weighted by molar-refractivity contribution is -0.132. The van der Waals surface area contributed by atoms with Crippen LogP contribution in [0.5, 0.6) is 0 Å². The van der Waals surface area contributed by atoms with Crippen LogP contribution in [0.15, 0.2) is 48.5 Å². The van der Waals surface area contributed by atoms with E-state index in [4.69, 9.17) is 11.6 Å². The molecule has 1 unspecified atom stereocenters. The van der Waals surface area contributed by atoms with E-state index in [1.165, 1.54) is 6.07 Å². The Balaban J connectivity index is 1.95. The van der Waals surface area contributed by atoms with E-state index in [1.807, 2.05) is 43.1 Å². The van der Waals surface area contributed by atoms with E-state index >= 15 is 0 Å². The molecule has 0 N–H and O–H groups in total. The lowest BCUT2D eigenvalue weighted by atomic mass is 10.1. The van der Waals surface area contributed by atoms with Crippen molar-refractivity contribution < 1.29 is 9.18 Å². The SMILES string of the molecule is CC(c1ccc(Cl)cc1)N(C)C(=O)CN(C)Cc1ccccc1F. The number of nitrogens with zero attached hydrogens (tertiary/aromatic N) is 2. The lowest BCUT2D eigenvalue weighted by Crippen LogP contribution is -2.37. The van der Waals surface area contributed by atoms with Crippen LogP contribution in [0.25, 0.3) is 0 Å². The van der Waals surface area contributed by atoms with Crippen LogP contribution in [0.2, 0.25) is 5.02 Å². The molecule has 5 heteroatoms. The summed E-state index contributed by atoms with van der Waals surface area (Å²) in [6, 6.07) is 14.0. The molecule has 0 fully saturated rings. The van der Waals surface area contributed by atoms with Crippen LogP contribution >= 0.6 is 11.6 Å². The highest BCUT2D eigenvalue weighted by atomic mass is 35.5. The second-order valence-corrected chi connectivity index (χ2v) is 6.43. The first-order valence-corrected chi connectivity index (χ1v) is 8.19. The third-order valence-corrected chi connectivity index (χ3v) is 4.38. The van der Waals surface area contributed by atoms with Gasteiger partial charge in [-0.15, -0.1) is 0 Å². The number of amides is 1. The van der Waals surface area contributed by atoms with Crippen molar-refractivity contribution >= 4 is 17.5 Å². The van der Waals surface area contributed by atoms with Crippen LogP contribution in [0, 0.1) is 5.82 Å². The van der Waals surface area contributed by atoms with E-state index in [9.17, 15) is 9.18 Å². The molecule has 1 atom stereocenters. The average molecular weight is 349 g/mol. The molecule has 0 saturated carbocycles. The topological polar surface area (TPSA) is 23.6 Å². The predicted molar refractivity (Wildman–Crippen MR) is 95.4 cm³/mol. The number of rotatable bonds is 6. The monoisotopic (exact) mass is 348 g/mol. The minimum Gasteiger partial charge on any atom is -0.338 e. The summed E-state index contributed by atoms with van der Waals surface area (Å²) in [6.07, 6.45) is 0. The molecule has 0 aromatic heterocycles. The van der Waals surface area contributed by atoms with Gasteiger partial charge in [-0.25, -0.2) is 4.39 Å². The van der Waals surface area contributed by atoms with E-state index < -0.39 is 0 Å². The standard InChI is InChI=1S/C19H22ClFN2O/c1-14(15-8-10-17(20)11-9-15)23(3)19(24)13-22(2)12-16-6-4-5-7-18(16)21/h4-11,14H,12-13H2,1-3H3. The van der Waals surface area contributed by atoms with Crippen molar-refractivity contribution in [3.63, 3.8) is 0 Å². The van der Waals surface area contributed by atoms with Gasteiger partial charge in [-0.05, 0) is 37.7 Å². The van der Waals surface area contributed by atoms with Gasteiger partial charge < -0.3 is 4.90 Å². The van der Waals surface area contributed by atoms with Gasteiger partial charge in [0.25, 0.3) is 0 Å². The Kier molecular flexibility index (Phi) is 6.35. The zero-order chi connectivity index (χ0) is 17.7. The second-order valence-electron chi connectivity index (χ2n) is 6.00. The van der Waals surface area contributed by atoms with Crippen molar-refractivity contribution in [3.8, 4) is 0 Å². The number of hydrogen-bond donors (Lipinski definition) is 0. The van der Waals surface area contributed by atoms with E-state index in [0.29, 0.717) is 17.1 Å². The smallest absolute Gasteiger partial charge is 0.236 e. The predicted octanol–water partition coefficient (Wildman–Crippen LogP) is 4.13. The molecule has 0 radical (unpaired) electrons. The Morgan fingerprint density at radius 2 is 1.75 bits per heavy atom. The fraction of sp³-hybridized carbons (Fsp3) is 0.316. The first kappa shape index (κ1) is 18.4. The van der Waals surface area contributed by atoms with Crippen LogP contribution in [0.1, 0.15) is 24.1 Å². The molecule has 24 heavy (non-hydrogen) atoms. The first-order valence-electron chi connectivity index (χ1n) is 7.81. The first-order chi connectivity index (χ1) is 11.4. The largest absolute Gasteiger partial charge is 0.338 e. The highest BCUT2D eigenvalue weighted by molar-refractivity contribution is 6.30. The molecular weight excluding hydrogens is 327 g/mol. The quantitative estimate of drug-likeness (QED) is 0.783. The average Bonchev–Trinajstić information content (AvgIpc) is 2.56. The summed E-state index contributed by atoms with van der Waals surface area (Å²) < 4.78 is 13.7. The zero-order valence-electron chi connectivity index (χ0n) is 14.2. The van der Waals surface area contributed by atoms with Gasteiger partial charge in [0, 0.05) is 24.2 Å². The van der Waals surface area contributed by atoms with Gasteiger partial charge in [0.2, 0.25) is 5.91 Å². The summed E-state index contributed by atoms with van der Waals surface area (Å²) in [7, 11) is 3.59. The minimum absolute atomic E-state index is 0.0173. The highest BCUT2D eigenvalue weighted by Crippen LogP contribution is 2.21. The van der Waals surface area contributed by atoms with Gasteiger partial charge in [-0.3, -0.25) is 9.69 Å². The van der Waals surface area contributed by atoms with E-state index in [-0.39, 0.29) is 24.3 Å². The van der Waals surface area contributed by atoms with Gasteiger partial charge in [0.1, 0.15) is 5.82 Å². The van der Waals surface area contributed by atoms with Crippen molar-refractivity contribution in [2.24, 2.45) is 0 Å². The molecule has 0 aliphatic carbocycles. The Labute approximate surface area is 147 Å². The summed E-state index contributed by atoms with van der Waals surface area (Å²) in [5.74, 6) is -0.268. The number of hydrogen-bond acceptors (Lipinski definition) is 2. The molecule has 3 nitrogen and oxygen atoms in total. The van der Waals surface area contributed by atoms with Crippen molar-refractivity contribution in [2.75, 3.05) is 20.6 Å². The Hall–Kier alpha value is -1.91. The van der Waals surface area contributed by atoms with E-state index in [2.05, 4.69) is 0 Å². The van der Waals surface area contributed by atoms with Crippen molar-refractivity contribution in [1.29, 1.82) is 0 Å². The van der Waals surface area contributed by atoms with E-state index in [1.54, 1.807) is 30.1 Å². The Morgan fingerprint density at radius 3 is 2.38 bits per heavy atom. The van der Waals surface area contributed by atoms with E-state index in [0.717, 1.165) is 5.56 Å². The molecule has 0 aliphatic heterocycles. The lowest BCUT2D eigenvalue weighted by Gasteiger charge is -2.27. The van der Waals surface area contributed by atoms with Crippen molar-refractivity contribution in [1.82, 2.24) is 9.80 Å². The van der Waals surface area contributed by atoms with Gasteiger partial charge in [0.05, 0.1) is 12.6 Å². The highest BCUT2D eigenvalue weighted by Gasteiger charge is 2.19. The van der Waals surface area contributed by atoms with Crippen LogP contribution in [0.3, 0.4) is 0 Å². The molecule has 0 bridgehead atoms. The normalized spacial score (nSPS) is 12.2. The maximum absolute atomic E-state index is 13.7. The molecule has 0 heterocycles. The maximum atomic E-state index is 13.7. The third kappa shape index (κ3) is 4.79. The molecule has 2 aromatic carbocycles. The molecule has 2 rings (SSSR count). The third-order valence-electron chi connectivity index (χ3n) is 4.13. The van der Waals surface area contributed by atoms with Crippen LogP contribution in [0.4, 0.5) is 4.39 Å². The number of likely N-dealkylation sites (N-methyl/N-ethyl adjacent to an activating group) is 2. The van der Waals surface area contributed by atoms with Crippen molar-refractivity contribution in [2.45, 2.75) is 19.5 Å². The number of halogens is 2. The molecule has 1 amide bonds. The Bertz CT molecular complexity index is 690. The molecular formula is C19H22ClFN2O. The summed E-state index contributed by atoms with van der Waals surface area (Å²) in [5, 5.41) is 0.671. The summed E-state index contributed by atoms with van der Waals surface area (Å²) in [5.41, 5.74) is 1.60. The molecule has 0 aliphatic rings. The zero-order valence-corrected chi connectivity index (χ0v) is 14.9. The second kappa shape index (κ2) is 8.27. The van der Waals surface area contributed by atoms with Gasteiger partial charge in [-0.2, -0.15) is 0 Å². The van der Waals surface area contributed by atoms with Crippen molar-refractivity contribution in [3.05, 3.63) is 70.5 Å². The minimum atomic E-state index is -0.250. The van der Waals surface area contributed by atoms with Crippen LogP contribution in [-0.4, -0.2) is 36.3 Å². The maximum Gasteiger partial charge on any atom is 0.236 e. The number of carbonyl (C=O) groups is 1. The summed E-state index contributed by atoms with van der Waals surface area (Å²) in [6.45, 7) is 2.59. The Morgan fingerprint density at radius 1 is 1.12 bits per heavy atom. The van der Waals surface area contributed by atoms with Crippen LogP contribution < -0.4 is 0 Å². The number of benzene rings is 2. The fourth-order valence-electron chi connectivity index (χ4n) is 2.50. The number of carbonyl (C=O) groups excluding carboxylic acids is 1. The van der Waals surface area contributed by atoms with Gasteiger partial charge in [0.15, 0.2) is 0 Å². The molecule has 0 saturated heterocycles.